The van der Waals surface area contributed by atoms with Crippen molar-refractivity contribution in [1.29, 1.82) is 0 Å². The first-order valence-electron chi connectivity index (χ1n) is 19.4. The molecule has 12 aromatic rings. The predicted molar refractivity (Wildman–Crippen MR) is 258 cm³/mol. The summed E-state index contributed by atoms with van der Waals surface area (Å²) in [5, 5.41) is 9.90. The normalized spacial score (nSPS) is 11.8. The SMILES string of the molecule is c1ccc2c(-c3ccc(-c4ccc(-c5ccc6c(c5)sc5c7ccc(-c8ccc(-c9ccc(-c%10csc%11ccccc%10%11)cc9)cc8)cc7sc65)cc4)cc3)csc2c1. The summed E-state index contributed by atoms with van der Waals surface area (Å²) in [5.74, 6) is 0. The minimum atomic E-state index is 1.23. The van der Waals surface area contributed by atoms with Crippen molar-refractivity contribution in [2.75, 3.05) is 0 Å². The van der Waals surface area contributed by atoms with Gasteiger partial charge in [-0.05, 0) is 90.7 Å². The molecule has 4 heteroatoms. The minimum Gasteiger partial charge on any atom is -0.143 e. The fraction of sp³-hybridized carbons (Fsp3) is 0. The van der Waals surface area contributed by atoms with E-state index in [4.69, 9.17) is 0 Å². The van der Waals surface area contributed by atoms with Crippen LogP contribution in [0.15, 0.2) is 193 Å². The van der Waals surface area contributed by atoms with Crippen molar-refractivity contribution in [3.63, 3.8) is 0 Å². The van der Waals surface area contributed by atoms with Gasteiger partial charge in [0.1, 0.15) is 0 Å². The molecule has 0 nitrogen and oxygen atoms in total. The highest BCUT2D eigenvalue weighted by molar-refractivity contribution is 7.36. The standard InChI is InChI=1S/C54H32S4/c1-3-7-49-43(5-1)47(31-55-49)39-21-17-35(18-22-39)33-9-13-37(14-10-33)41-25-27-45-51(29-41)57-54-46-28-26-42(30-52(46)58-53(45)54)38-15-11-34(12-16-38)36-19-23-40(24-20-36)48-32-56-50-8-4-2-6-44(48)50/h1-32H. The van der Waals surface area contributed by atoms with Crippen molar-refractivity contribution >= 4 is 95.1 Å². The Labute approximate surface area is 352 Å². The number of fused-ring (bicyclic) bond motifs is 7. The first-order chi connectivity index (χ1) is 28.7. The first-order valence-corrected chi connectivity index (χ1v) is 22.8. The molecule has 0 unspecified atom stereocenters. The summed E-state index contributed by atoms with van der Waals surface area (Å²) < 4.78 is 8.14. The fourth-order valence-corrected chi connectivity index (χ4v) is 13.1. The molecule has 4 aromatic heterocycles. The zero-order valence-corrected chi connectivity index (χ0v) is 34.4. The molecule has 0 aliphatic rings. The molecule has 0 atom stereocenters. The number of rotatable bonds is 6. The summed E-state index contributed by atoms with van der Waals surface area (Å²) >= 11 is 7.47. The van der Waals surface area contributed by atoms with Crippen molar-refractivity contribution in [2.24, 2.45) is 0 Å². The Bertz CT molecular complexity index is 3230. The number of hydrogen-bond acceptors (Lipinski definition) is 4. The maximum absolute atomic E-state index is 2.38. The Hall–Kier alpha value is -6.14. The quantitative estimate of drug-likeness (QED) is 0.157. The van der Waals surface area contributed by atoms with Crippen molar-refractivity contribution < 1.29 is 0 Å². The van der Waals surface area contributed by atoms with Crippen molar-refractivity contribution in [1.82, 2.24) is 0 Å². The highest BCUT2D eigenvalue weighted by atomic mass is 32.1. The van der Waals surface area contributed by atoms with Crippen LogP contribution >= 0.6 is 45.3 Å². The van der Waals surface area contributed by atoms with Crippen molar-refractivity contribution in [2.45, 2.75) is 0 Å². The first kappa shape index (κ1) is 33.9. The average Bonchev–Trinajstić information content (AvgIpc) is 4.08. The van der Waals surface area contributed by atoms with E-state index >= 15 is 0 Å². The molecule has 0 bridgehead atoms. The van der Waals surface area contributed by atoms with Crippen LogP contribution in [0.5, 0.6) is 0 Å². The van der Waals surface area contributed by atoms with Gasteiger partial charge in [-0.1, -0.05) is 158 Å². The van der Waals surface area contributed by atoms with E-state index in [0.717, 1.165) is 0 Å². The lowest BCUT2D eigenvalue weighted by Gasteiger charge is -2.07. The van der Waals surface area contributed by atoms with Crippen LogP contribution < -0.4 is 0 Å². The predicted octanol–water partition coefficient (Wildman–Crippen LogP) is 17.7. The third-order valence-electron chi connectivity index (χ3n) is 11.5. The molecular weight excluding hydrogens is 777 g/mol. The van der Waals surface area contributed by atoms with Gasteiger partial charge >= 0.3 is 0 Å². The van der Waals surface area contributed by atoms with E-state index < -0.39 is 0 Å². The van der Waals surface area contributed by atoms with E-state index in [1.54, 1.807) is 0 Å². The molecule has 0 saturated heterocycles. The molecule has 12 rings (SSSR count). The van der Waals surface area contributed by atoms with Crippen LogP contribution in [0.4, 0.5) is 0 Å². The molecule has 0 fully saturated rings. The van der Waals surface area contributed by atoms with Crippen LogP contribution in [-0.4, -0.2) is 0 Å². The highest BCUT2D eigenvalue weighted by Gasteiger charge is 2.15. The second-order valence-corrected chi connectivity index (χ2v) is 18.8. The smallest absolute Gasteiger partial charge is 0.0542 e. The minimum absolute atomic E-state index is 1.23. The Morgan fingerprint density at radius 1 is 0.241 bits per heavy atom. The number of thiophene rings is 4. The maximum Gasteiger partial charge on any atom is 0.0542 e. The molecule has 0 aliphatic carbocycles. The molecular formula is C54H32S4. The van der Waals surface area contributed by atoms with E-state index in [1.165, 1.54) is 117 Å². The van der Waals surface area contributed by atoms with E-state index in [-0.39, 0.29) is 0 Å². The molecule has 272 valence electrons. The lowest BCUT2D eigenvalue weighted by Crippen LogP contribution is -1.82. The van der Waals surface area contributed by atoms with E-state index in [0.29, 0.717) is 0 Å². The van der Waals surface area contributed by atoms with E-state index in [2.05, 4.69) is 193 Å². The summed E-state index contributed by atoms with van der Waals surface area (Å²) in [6.07, 6.45) is 0. The highest BCUT2D eigenvalue weighted by Crippen LogP contribution is 2.46. The second kappa shape index (κ2) is 13.8. The van der Waals surface area contributed by atoms with Crippen LogP contribution in [0.1, 0.15) is 0 Å². The fourth-order valence-electron chi connectivity index (χ4n) is 8.41. The zero-order valence-electron chi connectivity index (χ0n) is 31.1. The molecule has 0 spiro atoms. The monoisotopic (exact) mass is 808 g/mol. The van der Waals surface area contributed by atoms with Gasteiger partial charge in [-0.15, -0.1) is 45.3 Å². The maximum atomic E-state index is 2.38. The Balaban J connectivity index is 0.774. The molecule has 58 heavy (non-hydrogen) atoms. The van der Waals surface area contributed by atoms with Crippen LogP contribution in [0.2, 0.25) is 0 Å². The van der Waals surface area contributed by atoms with Crippen molar-refractivity contribution in [3.05, 3.63) is 193 Å². The summed E-state index contributed by atoms with van der Waals surface area (Å²) in [7, 11) is 0. The Morgan fingerprint density at radius 2 is 0.552 bits per heavy atom. The van der Waals surface area contributed by atoms with Gasteiger partial charge < -0.3 is 0 Å². The molecule has 0 radical (unpaired) electrons. The van der Waals surface area contributed by atoms with E-state index in [9.17, 15) is 0 Å². The number of benzene rings is 8. The third-order valence-corrected chi connectivity index (χ3v) is 16.0. The largest absolute Gasteiger partial charge is 0.143 e. The van der Waals surface area contributed by atoms with Gasteiger partial charge in [0.2, 0.25) is 0 Å². The van der Waals surface area contributed by atoms with Gasteiger partial charge in [-0.3, -0.25) is 0 Å². The van der Waals surface area contributed by atoms with Gasteiger partial charge in [0.05, 0.1) is 9.40 Å². The van der Waals surface area contributed by atoms with Crippen LogP contribution in [0, 0.1) is 0 Å². The summed E-state index contributed by atoms with van der Waals surface area (Å²) in [5.41, 5.74) is 15.1. The summed E-state index contributed by atoms with van der Waals surface area (Å²) in [6, 6.07) is 67.4. The lowest BCUT2D eigenvalue weighted by atomic mass is 9.97. The molecule has 0 amide bonds. The summed E-state index contributed by atoms with van der Waals surface area (Å²) in [6.45, 7) is 0. The molecule has 0 aliphatic heterocycles. The van der Waals surface area contributed by atoms with Gasteiger partial charge in [0.15, 0.2) is 0 Å². The Morgan fingerprint density at radius 3 is 0.931 bits per heavy atom. The van der Waals surface area contributed by atoms with Crippen LogP contribution in [0.3, 0.4) is 0 Å². The van der Waals surface area contributed by atoms with Crippen LogP contribution in [-0.2, 0) is 0 Å². The molecule has 8 aromatic carbocycles. The number of hydrogen-bond donors (Lipinski definition) is 0. The topological polar surface area (TPSA) is 0 Å². The lowest BCUT2D eigenvalue weighted by molar-refractivity contribution is 1.60. The van der Waals surface area contributed by atoms with Crippen molar-refractivity contribution in [3.8, 4) is 66.8 Å². The Kier molecular flexibility index (Phi) is 8.05. The molecule has 0 N–H and O–H groups in total. The zero-order chi connectivity index (χ0) is 38.2. The van der Waals surface area contributed by atoms with Gasteiger partial charge in [0, 0.05) is 51.5 Å². The second-order valence-electron chi connectivity index (χ2n) is 14.9. The third kappa shape index (κ3) is 5.75. The average molecular weight is 809 g/mol. The van der Waals surface area contributed by atoms with Gasteiger partial charge in [0.25, 0.3) is 0 Å². The van der Waals surface area contributed by atoms with Gasteiger partial charge in [-0.2, -0.15) is 0 Å². The molecule has 4 heterocycles. The summed E-state index contributed by atoms with van der Waals surface area (Å²) in [4.78, 5) is 0. The van der Waals surface area contributed by atoms with Gasteiger partial charge in [-0.25, -0.2) is 0 Å². The van der Waals surface area contributed by atoms with E-state index in [1.807, 2.05) is 45.3 Å². The molecule has 0 saturated carbocycles. The van der Waals surface area contributed by atoms with Crippen LogP contribution in [0.25, 0.3) is 117 Å².